The fourth-order valence-corrected chi connectivity index (χ4v) is 2.44. The van der Waals surface area contributed by atoms with Gasteiger partial charge in [0.15, 0.2) is 4.33 Å². The first kappa shape index (κ1) is 13.8. The summed E-state index contributed by atoms with van der Waals surface area (Å²) in [5.74, 6) is 0. The van der Waals surface area contributed by atoms with Crippen LogP contribution in [0.25, 0.3) is 0 Å². The molecule has 0 atom stereocenters. The molecule has 0 heterocycles. The maximum absolute atomic E-state index is 12.3. The Hall–Kier alpha value is -0.233. The summed E-state index contributed by atoms with van der Waals surface area (Å²) < 4.78 is 40.4. The average Bonchev–Trinajstić information content (AvgIpc) is 2.16. The average molecular weight is 289 g/mol. The number of hydrogen-bond acceptors (Lipinski definition) is 1. The zero-order valence-corrected chi connectivity index (χ0v) is 11.8. The maximum Gasteiger partial charge on any atom is 0.416 e. The molecule has 0 N–H and O–H groups in total. The van der Waals surface area contributed by atoms with Crippen molar-refractivity contribution >= 4 is 33.7 Å². The van der Waals surface area contributed by atoms with Crippen molar-refractivity contribution in [2.24, 2.45) is 0 Å². The van der Waals surface area contributed by atoms with Gasteiger partial charge < -0.3 is 4.43 Å². The third kappa shape index (κ3) is 3.38. The molecular weight excluding hydrogens is 280 g/mol. The summed E-state index contributed by atoms with van der Waals surface area (Å²) in [6.07, 6.45) is -4.35. The Bertz CT molecular complexity index is 351. The van der Waals surface area contributed by atoms with Gasteiger partial charge in [-0.25, -0.2) is 0 Å². The smallest absolute Gasteiger partial charge is 0.416 e. The molecule has 0 spiro atoms. The quantitative estimate of drug-likeness (QED) is 0.614. The molecule has 90 valence electrons. The van der Waals surface area contributed by atoms with Gasteiger partial charge in [0, 0.05) is 0 Å². The van der Waals surface area contributed by atoms with Crippen LogP contribution >= 0.6 is 23.2 Å². The van der Waals surface area contributed by atoms with Gasteiger partial charge in [0.05, 0.1) is 12.2 Å². The summed E-state index contributed by atoms with van der Waals surface area (Å²) in [5.41, 5.74) is -0.341. The van der Waals surface area contributed by atoms with Crippen molar-refractivity contribution in [3.8, 4) is 0 Å². The van der Waals surface area contributed by atoms with E-state index in [0.717, 1.165) is 12.1 Å². The lowest BCUT2D eigenvalue weighted by atomic mass is 10.1. The Kier molecular flexibility index (Phi) is 4.28. The first-order valence-electron chi connectivity index (χ1n) is 4.32. The van der Waals surface area contributed by atoms with Crippen molar-refractivity contribution in [1.29, 1.82) is 0 Å². The number of benzene rings is 1. The van der Waals surface area contributed by atoms with Crippen LogP contribution in [0.5, 0.6) is 0 Å². The molecule has 1 aromatic carbocycles. The standard InChI is InChI=1S/C9H9Cl2F3OSi/c10-8(11,5-15-16)6-1-3-7(4-2-6)9(12,13)14/h1-4H,5H2,16H3. The third-order valence-corrected chi connectivity index (χ3v) is 2.90. The molecule has 7 heteroatoms. The molecule has 1 nitrogen and oxygen atoms in total. The van der Waals surface area contributed by atoms with Crippen LogP contribution in [0.4, 0.5) is 13.2 Å². The van der Waals surface area contributed by atoms with Gasteiger partial charge in [-0.1, -0.05) is 35.3 Å². The van der Waals surface area contributed by atoms with Crippen LogP contribution in [0.15, 0.2) is 24.3 Å². The molecule has 0 saturated heterocycles. The van der Waals surface area contributed by atoms with E-state index in [2.05, 4.69) is 0 Å². The summed E-state index contributed by atoms with van der Waals surface area (Å²) in [6.45, 7) is 0.0632. The minimum atomic E-state index is -4.35. The van der Waals surface area contributed by atoms with Crippen LogP contribution in [-0.2, 0) is 14.9 Å². The van der Waals surface area contributed by atoms with Gasteiger partial charge in [-0.3, -0.25) is 0 Å². The van der Waals surface area contributed by atoms with Crippen LogP contribution < -0.4 is 0 Å². The van der Waals surface area contributed by atoms with Crippen molar-refractivity contribution in [3.05, 3.63) is 35.4 Å². The summed E-state index contributed by atoms with van der Waals surface area (Å²) in [7, 11) is 0.463. The van der Waals surface area contributed by atoms with Crippen molar-refractivity contribution in [2.75, 3.05) is 6.61 Å². The predicted molar refractivity (Wildman–Crippen MR) is 60.7 cm³/mol. The Morgan fingerprint density at radius 1 is 1.06 bits per heavy atom. The molecule has 1 rings (SSSR count). The van der Waals surface area contributed by atoms with Crippen molar-refractivity contribution in [1.82, 2.24) is 0 Å². The van der Waals surface area contributed by atoms with Crippen molar-refractivity contribution < 1.29 is 17.6 Å². The maximum atomic E-state index is 12.3. The first-order valence-corrected chi connectivity index (χ1v) is 5.89. The van der Waals surface area contributed by atoms with Gasteiger partial charge in [-0.2, -0.15) is 13.2 Å². The van der Waals surface area contributed by atoms with E-state index in [0.29, 0.717) is 16.0 Å². The van der Waals surface area contributed by atoms with E-state index in [1.165, 1.54) is 12.1 Å². The molecule has 0 bridgehead atoms. The normalized spacial score (nSPS) is 13.1. The molecule has 0 aliphatic heterocycles. The molecule has 0 amide bonds. The lowest BCUT2D eigenvalue weighted by Gasteiger charge is -2.19. The molecule has 0 unspecified atom stereocenters. The zero-order chi connectivity index (χ0) is 12.4. The van der Waals surface area contributed by atoms with E-state index in [9.17, 15) is 13.2 Å². The topological polar surface area (TPSA) is 9.23 Å². The van der Waals surface area contributed by atoms with E-state index < -0.39 is 16.1 Å². The van der Waals surface area contributed by atoms with Gasteiger partial charge >= 0.3 is 6.18 Å². The lowest BCUT2D eigenvalue weighted by Crippen LogP contribution is -2.18. The van der Waals surface area contributed by atoms with Gasteiger partial charge in [-0.15, -0.1) is 0 Å². The highest BCUT2D eigenvalue weighted by Gasteiger charge is 2.32. The SMILES string of the molecule is FC(F)(F)c1ccc(C(Cl)(Cl)CO[SiH3])cc1. The Balaban J connectivity index is 2.95. The lowest BCUT2D eigenvalue weighted by molar-refractivity contribution is -0.137. The molecule has 0 saturated carbocycles. The number of hydrogen-bond donors (Lipinski definition) is 0. The van der Waals surface area contributed by atoms with Gasteiger partial charge in [0.25, 0.3) is 0 Å². The van der Waals surface area contributed by atoms with Crippen LogP contribution in [0.1, 0.15) is 11.1 Å². The fraction of sp³-hybridized carbons (Fsp3) is 0.333. The van der Waals surface area contributed by atoms with Crippen LogP contribution in [-0.4, -0.2) is 17.1 Å². The molecule has 0 aliphatic rings. The van der Waals surface area contributed by atoms with Crippen LogP contribution in [0.2, 0.25) is 0 Å². The van der Waals surface area contributed by atoms with Crippen molar-refractivity contribution in [3.63, 3.8) is 0 Å². The molecule has 0 aliphatic carbocycles. The van der Waals surface area contributed by atoms with Gasteiger partial charge in [-0.05, 0) is 17.7 Å². The van der Waals surface area contributed by atoms with E-state index in [1.54, 1.807) is 0 Å². The van der Waals surface area contributed by atoms with Gasteiger partial charge in [0.2, 0.25) is 0 Å². The summed E-state index contributed by atoms with van der Waals surface area (Å²) >= 11 is 11.8. The predicted octanol–water partition coefficient (Wildman–Crippen LogP) is 2.63. The van der Waals surface area contributed by atoms with E-state index in [1.807, 2.05) is 0 Å². The largest absolute Gasteiger partial charge is 0.425 e. The summed E-state index contributed by atoms with van der Waals surface area (Å²) in [4.78, 5) is 0. The molecule has 0 radical (unpaired) electrons. The summed E-state index contributed by atoms with van der Waals surface area (Å²) in [6, 6.07) is 4.40. The summed E-state index contributed by atoms with van der Waals surface area (Å²) in [5, 5.41) is 0. The van der Waals surface area contributed by atoms with Crippen LogP contribution in [0.3, 0.4) is 0 Å². The number of rotatable bonds is 3. The highest BCUT2D eigenvalue weighted by atomic mass is 35.5. The van der Waals surface area contributed by atoms with E-state index in [-0.39, 0.29) is 6.61 Å². The van der Waals surface area contributed by atoms with Crippen LogP contribution in [0, 0.1) is 0 Å². The van der Waals surface area contributed by atoms with Gasteiger partial charge in [0.1, 0.15) is 10.5 Å². The van der Waals surface area contributed by atoms with Crippen molar-refractivity contribution in [2.45, 2.75) is 10.5 Å². The second kappa shape index (κ2) is 4.95. The Morgan fingerprint density at radius 3 is 1.88 bits per heavy atom. The second-order valence-electron chi connectivity index (χ2n) is 3.21. The zero-order valence-electron chi connectivity index (χ0n) is 8.31. The first-order chi connectivity index (χ1) is 7.27. The molecule has 16 heavy (non-hydrogen) atoms. The minimum Gasteiger partial charge on any atom is -0.425 e. The molecule has 0 fully saturated rings. The van der Waals surface area contributed by atoms with E-state index in [4.69, 9.17) is 27.6 Å². The highest BCUT2D eigenvalue weighted by molar-refractivity contribution is 6.48. The number of halogens is 5. The third-order valence-electron chi connectivity index (χ3n) is 1.96. The highest BCUT2D eigenvalue weighted by Crippen LogP contribution is 2.36. The minimum absolute atomic E-state index is 0.0632. The molecule has 0 aromatic heterocycles. The molecule has 1 aromatic rings. The fourth-order valence-electron chi connectivity index (χ4n) is 1.17. The number of alkyl halides is 5. The molecular formula is C9H9Cl2F3OSi. The second-order valence-corrected chi connectivity index (χ2v) is 5.27. The Morgan fingerprint density at radius 2 is 1.50 bits per heavy atom. The Labute approximate surface area is 104 Å². The monoisotopic (exact) mass is 288 g/mol. The van der Waals surface area contributed by atoms with E-state index >= 15 is 0 Å².